The predicted molar refractivity (Wildman–Crippen MR) is 66.1 cm³/mol. The predicted octanol–water partition coefficient (Wildman–Crippen LogP) is 1.02. The van der Waals surface area contributed by atoms with E-state index in [1.54, 1.807) is 23.9 Å². The number of nitrogens with one attached hydrogen (secondary N) is 1. The van der Waals surface area contributed by atoms with Gasteiger partial charge in [-0.05, 0) is 30.6 Å². The highest BCUT2D eigenvalue weighted by Crippen LogP contribution is 2.03. The molecule has 0 aliphatic heterocycles. The van der Waals surface area contributed by atoms with Crippen LogP contribution in [0, 0.1) is 0 Å². The van der Waals surface area contributed by atoms with E-state index in [2.05, 4.69) is 10.3 Å². The molecular weight excluding hydrogens is 240 g/mol. The first-order valence-corrected chi connectivity index (χ1v) is 6.47. The summed E-state index contributed by atoms with van der Waals surface area (Å²) < 4.78 is 0. The number of hydrogen-bond acceptors (Lipinski definition) is 4. The van der Waals surface area contributed by atoms with Gasteiger partial charge in [0.25, 0.3) is 5.91 Å². The van der Waals surface area contributed by atoms with E-state index < -0.39 is 12.0 Å². The molecule has 5 nitrogen and oxygen atoms in total. The minimum absolute atomic E-state index is 0.388. The van der Waals surface area contributed by atoms with E-state index in [9.17, 15) is 9.59 Å². The fourth-order valence-electron chi connectivity index (χ4n) is 1.24. The summed E-state index contributed by atoms with van der Waals surface area (Å²) in [6.07, 6.45) is 5.29. The summed E-state index contributed by atoms with van der Waals surface area (Å²) in [5, 5.41) is 11.4. The number of pyridine rings is 1. The number of aromatic nitrogens is 1. The van der Waals surface area contributed by atoms with Gasteiger partial charge in [0.1, 0.15) is 6.04 Å². The minimum Gasteiger partial charge on any atom is -0.480 e. The van der Waals surface area contributed by atoms with Gasteiger partial charge in [-0.3, -0.25) is 9.78 Å². The standard InChI is InChI=1S/C11H14N2O3S/c1-17-7-4-9(11(15)16)13-10(14)8-2-5-12-6-3-8/h2-3,5-6,9H,4,7H2,1H3,(H,13,14)(H,15,16)/t9-/m0/s1. The van der Waals surface area contributed by atoms with Crippen LogP contribution in [0.25, 0.3) is 0 Å². The van der Waals surface area contributed by atoms with Crippen molar-refractivity contribution in [3.8, 4) is 0 Å². The van der Waals surface area contributed by atoms with Crippen molar-refractivity contribution in [2.45, 2.75) is 12.5 Å². The third-order valence-electron chi connectivity index (χ3n) is 2.16. The van der Waals surface area contributed by atoms with Crippen LogP contribution in [0.2, 0.25) is 0 Å². The first-order chi connectivity index (χ1) is 8.15. The molecule has 6 heteroatoms. The maximum Gasteiger partial charge on any atom is 0.326 e. The largest absolute Gasteiger partial charge is 0.480 e. The normalized spacial score (nSPS) is 11.8. The fraction of sp³-hybridized carbons (Fsp3) is 0.364. The van der Waals surface area contributed by atoms with Gasteiger partial charge in [0, 0.05) is 18.0 Å². The van der Waals surface area contributed by atoms with Gasteiger partial charge in [0.05, 0.1) is 0 Å². The Morgan fingerprint density at radius 1 is 1.47 bits per heavy atom. The Balaban J connectivity index is 2.61. The number of carbonyl (C=O) groups is 2. The van der Waals surface area contributed by atoms with Crippen LogP contribution in [-0.4, -0.2) is 40.0 Å². The molecule has 2 N–H and O–H groups in total. The molecule has 0 unspecified atom stereocenters. The number of thioether (sulfide) groups is 1. The summed E-state index contributed by atoms with van der Waals surface area (Å²) in [7, 11) is 0. The zero-order chi connectivity index (χ0) is 12.7. The molecule has 0 fully saturated rings. The molecular formula is C11H14N2O3S. The Hall–Kier alpha value is -1.56. The average Bonchev–Trinajstić information content (AvgIpc) is 2.35. The number of amides is 1. The van der Waals surface area contributed by atoms with Crippen LogP contribution in [0.4, 0.5) is 0 Å². The quantitative estimate of drug-likeness (QED) is 0.792. The van der Waals surface area contributed by atoms with E-state index in [1.165, 1.54) is 12.4 Å². The molecule has 0 aliphatic rings. The first-order valence-electron chi connectivity index (χ1n) is 5.07. The van der Waals surface area contributed by atoms with Gasteiger partial charge in [-0.25, -0.2) is 4.79 Å². The number of nitrogens with zero attached hydrogens (tertiary/aromatic N) is 1. The lowest BCUT2D eigenvalue weighted by molar-refractivity contribution is -0.139. The van der Waals surface area contributed by atoms with Crippen LogP contribution in [0.5, 0.6) is 0 Å². The van der Waals surface area contributed by atoms with Crippen molar-refractivity contribution in [2.24, 2.45) is 0 Å². The van der Waals surface area contributed by atoms with Crippen LogP contribution in [-0.2, 0) is 4.79 Å². The SMILES string of the molecule is CSCC[C@H](NC(=O)c1ccncc1)C(=O)O. The monoisotopic (exact) mass is 254 g/mol. The van der Waals surface area contributed by atoms with Gasteiger partial charge in [0.15, 0.2) is 0 Å². The van der Waals surface area contributed by atoms with E-state index in [4.69, 9.17) is 5.11 Å². The Morgan fingerprint density at radius 2 is 2.12 bits per heavy atom. The lowest BCUT2D eigenvalue weighted by Crippen LogP contribution is -2.41. The van der Waals surface area contributed by atoms with Gasteiger partial charge in [0.2, 0.25) is 0 Å². The molecule has 1 aromatic heterocycles. The Morgan fingerprint density at radius 3 is 2.65 bits per heavy atom. The van der Waals surface area contributed by atoms with Crippen LogP contribution in [0.3, 0.4) is 0 Å². The summed E-state index contributed by atoms with van der Waals surface area (Å²) in [4.78, 5) is 26.4. The van der Waals surface area contributed by atoms with E-state index >= 15 is 0 Å². The number of hydrogen-bond donors (Lipinski definition) is 2. The number of carboxylic acid groups (broad SMARTS) is 1. The third-order valence-corrected chi connectivity index (χ3v) is 2.80. The van der Waals surface area contributed by atoms with Crippen LogP contribution in [0.1, 0.15) is 16.8 Å². The van der Waals surface area contributed by atoms with E-state index in [1.807, 2.05) is 6.26 Å². The zero-order valence-electron chi connectivity index (χ0n) is 9.42. The summed E-state index contributed by atoms with van der Waals surface area (Å²) in [6.45, 7) is 0. The molecule has 1 heterocycles. The zero-order valence-corrected chi connectivity index (χ0v) is 10.2. The van der Waals surface area contributed by atoms with Crippen LogP contribution in [0.15, 0.2) is 24.5 Å². The Kier molecular flexibility index (Phi) is 5.48. The highest BCUT2D eigenvalue weighted by molar-refractivity contribution is 7.98. The topological polar surface area (TPSA) is 79.3 Å². The van der Waals surface area contributed by atoms with Crippen molar-refractivity contribution in [3.05, 3.63) is 30.1 Å². The van der Waals surface area contributed by atoms with Gasteiger partial charge >= 0.3 is 5.97 Å². The van der Waals surface area contributed by atoms with Crippen molar-refractivity contribution in [1.29, 1.82) is 0 Å². The average molecular weight is 254 g/mol. The second-order valence-electron chi connectivity index (χ2n) is 3.38. The van der Waals surface area contributed by atoms with Gasteiger partial charge in [-0.1, -0.05) is 0 Å². The molecule has 0 bridgehead atoms. The second-order valence-corrected chi connectivity index (χ2v) is 4.37. The molecule has 1 rings (SSSR count). The molecule has 92 valence electrons. The fourth-order valence-corrected chi connectivity index (χ4v) is 1.71. The number of aliphatic carboxylic acids is 1. The molecule has 17 heavy (non-hydrogen) atoms. The molecule has 0 radical (unpaired) electrons. The summed E-state index contributed by atoms with van der Waals surface area (Å²) in [6, 6.07) is 2.24. The molecule has 1 amide bonds. The smallest absolute Gasteiger partial charge is 0.326 e. The summed E-state index contributed by atoms with van der Waals surface area (Å²) in [5.41, 5.74) is 0.412. The van der Waals surface area contributed by atoms with Crippen molar-refractivity contribution in [3.63, 3.8) is 0 Å². The Labute approximate surface area is 104 Å². The molecule has 1 atom stereocenters. The summed E-state index contributed by atoms with van der Waals surface area (Å²) >= 11 is 1.55. The third kappa shape index (κ3) is 4.44. The lowest BCUT2D eigenvalue weighted by atomic mass is 10.2. The minimum atomic E-state index is -1.01. The highest BCUT2D eigenvalue weighted by Gasteiger charge is 2.19. The molecule has 0 aromatic carbocycles. The van der Waals surface area contributed by atoms with E-state index in [-0.39, 0.29) is 5.91 Å². The molecule has 0 saturated heterocycles. The second kappa shape index (κ2) is 6.90. The summed E-state index contributed by atoms with van der Waals surface area (Å²) in [5.74, 6) is -0.713. The van der Waals surface area contributed by atoms with E-state index in [0.717, 1.165) is 0 Å². The molecule has 0 aliphatic carbocycles. The first kappa shape index (κ1) is 13.5. The molecule has 1 aromatic rings. The maximum atomic E-state index is 11.7. The number of carbonyl (C=O) groups excluding carboxylic acids is 1. The number of carboxylic acids is 1. The van der Waals surface area contributed by atoms with Crippen molar-refractivity contribution in [2.75, 3.05) is 12.0 Å². The van der Waals surface area contributed by atoms with Crippen molar-refractivity contribution < 1.29 is 14.7 Å². The van der Waals surface area contributed by atoms with Gasteiger partial charge in [-0.15, -0.1) is 0 Å². The van der Waals surface area contributed by atoms with Crippen molar-refractivity contribution >= 4 is 23.6 Å². The highest BCUT2D eigenvalue weighted by atomic mass is 32.2. The Bertz CT molecular complexity index is 384. The lowest BCUT2D eigenvalue weighted by Gasteiger charge is -2.13. The van der Waals surface area contributed by atoms with Crippen LogP contribution >= 0.6 is 11.8 Å². The van der Waals surface area contributed by atoms with Crippen LogP contribution < -0.4 is 5.32 Å². The number of rotatable bonds is 6. The molecule has 0 saturated carbocycles. The van der Waals surface area contributed by atoms with Gasteiger partial charge in [-0.2, -0.15) is 11.8 Å². The molecule has 0 spiro atoms. The van der Waals surface area contributed by atoms with Gasteiger partial charge < -0.3 is 10.4 Å². The van der Waals surface area contributed by atoms with E-state index in [0.29, 0.717) is 17.7 Å². The maximum absolute atomic E-state index is 11.7. The van der Waals surface area contributed by atoms with Crippen molar-refractivity contribution in [1.82, 2.24) is 10.3 Å².